The first kappa shape index (κ1) is 14.3. The summed E-state index contributed by atoms with van der Waals surface area (Å²) in [7, 11) is -2.30. The number of halogens is 1. The molecule has 1 aromatic heterocycles. The van der Waals surface area contributed by atoms with Gasteiger partial charge in [0.1, 0.15) is 11.2 Å². The van der Waals surface area contributed by atoms with Crippen molar-refractivity contribution in [3.63, 3.8) is 0 Å². The van der Waals surface area contributed by atoms with E-state index in [9.17, 15) is 13.2 Å². The second-order valence-electron chi connectivity index (χ2n) is 4.41. The Labute approximate surface area is 116 Å². The summed E-state index contributed by atoms with van der Waals surface area (Å²) in [6.07, 6.45) is 3.40. The van der Waals surface area contributed by atoms with Gasteiger partial charge in [0.05, 0.1) is 6.33 Å². The van der Waals surface area contributed by atoms with E-state index >= 15 is 0 Å². The highest BCUT2D eigenvalue weighted by Gasteiger charge is 2.29. The van der Waals surface area contributed by atoms with Crippen molar-refractivity contribution in [3.05, 3.63) is 11.5 Å². The molecule has 19 heavy (non-hydrogen) atoms. The molecule has 0 bridgehead atoms. The fourth-order valence-electron chi connectivity index (χ4n) is 1.87. The molecule has 1 atom stereocenters. The van der Waals surface area contributed by atoms with Crippen LogP contribution in [0.2, 0.25) is 5.15 Å². The van der Waals surface area contributed by atoms with Gasteiger partial charge in [-0.25, -0.2) is 13.4 Å². The summed E-state index contributed by atoms with van der Waals surface area (Å²) in [4.78, 5) is 15.5. The molecule has 0 radical (unpaired) electrons. The van der Waals surface area contributed by atoms with Crippen molar-refractivity contribution in [1.82, 2.24) is 19.6 Å². The van der Waals surface area contributed by atoms with Crippen LogP contribution in [0.15, 0.2) is 11.4 Å². The van der Waals surface area contributed by atoms with E-state index in [0.29, 0.717) is 13.0 Å². The lowest BCUT2D eigenvalue weighted by atomic mass is 10.1. The molecular formula is C10H15ClN4O3S. The number of imidazole rings is 1. The summed E-state index contributed by atoms with van der Waals surface area (Å²) in [5.74, 6) is -0.312. The van der Waals surface area contributed by atoms with E-state index in [1.165, 1.54) is 10.9 Å². The zero-order valence-electron chi connectivity index (χ0n) is 10.4. The number of nitrogens with one attached hydrogen (secondary N) is 2. The number of hydrogen-bond acceptors (Lipinski definition) is 4. The Balaban J connectivity index is 2.21. The molecule has 1 fully saturated rings. The first-order valence-corrected chi connectivity index (χ1v) is 7.75. The molecule has 9 heteroatoms. The third-order valence-corrected chi connectivity index (χ3v) is 4.88. The lowest BCUT2D eigenvalue weighted by molar-refractivity contribution is -0.122. The van der Waals surface area contributed by atoms with Gasteiger partial charge in [-0.1, -0.05) is 11.6 Å². The second kappa shape index (κ2) is 5.48. The zero-order valence-corrected chi connectivity index (χ0v) is 12.0. The minimum atomic E-state index is -3.89. The Hall–Kier alpha value is -1.12. The van der Waals surface area contributed by atoms with Crippen molar-refractivity contribution >= 4 is 27.5 Å². The molecule has 1 aromatic rings. The average Bonchev–Trinajstić information content (AvgIpc) is 2.56. The molecule has 0 spiro atoms. The fraction of sp³-hybridized carbons (Fsp3) is 0.600. The Bertz CT molecular complexity index is 584. The van der Waals surface area contributed by atoms with Gasteiger partial charge in [-0.15, -0.1) is 0 Å². The predicted octanol–water partition coefficient (Wildman–Crippen LogP) is 0.0205. The van der Waals surface area contributed by atoms with Gasteiger partial charge in [-0.2, -0.15) is 4.72 Å². The van der Waals surface area contributed by atoms with Crippen LogP contribution in [0.3, 0.4) is 0 Å². The van der Waals surface area contributed by atoms with E-state index in [2.05, 4.69) is 15.0 Å². The van der Waals surface area contributed by atoms with E-state index in [4.69, 9.17) is 11.6 Å². The topological polar surface area (TPSA) is 93.1 Å². The summed E-state index contributed by atoms with van der Waals surface area (Å²) in [5, 5.41) is 2.42. The number of hydrogen-bond donors (Lipinski definition) is 2. The minimum absolute atomic E-state index is 0.0153. The average molecular weight is 307 g/mol. The van der Waals surface area contributed by atoms with E-state index in [1.54, 1.807) is 7.05 Å². The van der Waals surface area contributed by atoms with Crippen LogP contribution in [0.25, 0.3) is 0 Å². The number of carbonyl (C=O) groups excluding carboxylic acids is 1. The largest absolute Gasteiger partial charge is 0.355 e. The van der Waals surface area contributed by atoms with E-state index in [0.717, 1.165) is 12.8 Å². The SMILES string of the molecule is Cn1cnc(S(=O)(=O)N[C@H]2CCCCNC2=O)c1Cl. The highest BCUT2D eigenvalue weighted by molar-refractivity contribution is 7.89. The summed E-state index contributed by atoms with van der Waals surface area (Å²) in [6.45, 7) is 0.571. The van der Waals surface area contributed by atoms with Crippen molar-refractivity contribution in [2.24, 2.45) is 7.05 Å². The number of carbonyl (C=O) groups is 1. The maximum atomic E-state index is 12.1. The second-order valence-corrected chi connectivity index (χ2v) is 6.40. The van der Waals surface area contributed by atoms with Crippen LogP contribution in [0.4, 0.5) is 0 Å². The van der Waals surface area contributed by atoms with Crippen LogP contribution in [0, 0.1) is 0 Å². The molecular weight excluding hydrogens is 292 g/mol. The molecule has 1 saturated heterocycles. The van der Waals surface area contributed by atoms with Gasteiger partial charge in [0.2, 0.25) is 10.9 Å². The van der Waals surface area contributed by atoms with Crippen molar-refractivity contribution in [1.29, 1.82) is 0 Å². The molecule has 2 heterocycles. The Kier molecular flexibility index (Phi) is 4.12. The zero-order chi connectivity index (χ0) is 14.0. The van der Waals surface area contributed by atoms with Crippen molar-refractivity contribution in [2.45, 2.75) is 30.3 Å². The highest BCUT2D eigenvalue weighted by Crippen LogP contribution is 2.19. The lowest BCUT2D eigenvalue weighted by Gasteiger charge is -2.14. The first-order valence-electron chi connectivity index (χ1n) is 5.88. The summed E-state index contributed by atoms with van der Waals surface area (Å²) in [6, 6.07) is -0.773. The molecule has 0 unspecified atom stereocenters. The third kappa shape index (κ3) is 3.07. The quantitative estimate of drug-likeness (QED) is 0.823. The number of rotatable bonds is 3. The van der Waals surface area contributed by atoms with Crippen LogP contribution in [0.1, 0.15) is 19.3 Å². The van der Waals surface area contributed by atoms with Crippen molar-refractivity contribution in [3.8, 4) is 0 Å². The molecule has 106 valence electrons. The number of nitrogens with zero attached hydrogens (tertiary/aromatic N) is 2. The molecule has 7 nitrogen and oxygen atoms in total. The van der Waals surface area contributed by atoms with Crippen LogP contribution >= 0.6 is 11.6 Å². The third-order valence-electron chi connectivity index (χ3n) is 2.92. The van der Waals surface area contributed by atoms with Crippen LogP contribution in [0.5, 0.6) is 0 Å². The summed E-state index contributed by atoms with van der Waals surface area (Å²) < 4.78 is 28.0. The Morgan fingerprint density at radius 2 is 2.26 bits per heavy atom. The van der Waals surface area contributed by atoms with Gasteiger partial charge in [-0.3, -0.25) is 4.79 Å². The number of amides is 1. The minimum Gasteiger partial charge on any atom is -0.355 e. The highest BCUT2D eigenvalue weighted by atomic mass is 35.5. The number of aromatic nitrogens is 2. The molecule has 0 aliphatic carbocycles. The number of aryl methyl sites for hydroxylation is 1. The van der Waals surface area contributed by atoms with Gasteiger partial charge >= 0.3 is 0 Å². The maximum absolute atomic E-state index is 12.1. The summed E-state index contributed by atoms with van der Waals surface area (Å²) in [5.41, 5.74) is 0. The molecule has 2 rings (SSSR count). The van der Waals surface area contributed by atoms with Gasteiger partial charge in [0, 0.05) is 13.6 Å². The van der Waals surface area contributed by atoms with Crippen LogP contribution in [-0.4, -0.2) is 36.5 Å². The van der Waals surface area contributed by atoms with Gasteiger partial charge in [-0.05, 0) is 19.3 Å². The van der Waals surface area contributed by atoms with Crippen molar-refractivity contribution in [2.75, 3.05) is 6.54 Å². The standard InChI is InChI=1S/C10H15ClN4O3S/c1-15-6-13-10(8(15)11)19(17,18)14-7-4-2-3-5-12-9(7)16/h6-7,14H,2-5H2,1H3,(H,12,16)/t7-/m0/s1. The Morgan fingerprint density at radius 3 is 2.89 bits per heavy atom. The van der Waals surface area contributed by atoms with E-state index < -0.39 is 16.1 Å². The monoisotopic (exact) mass is 306 g/mol. The van der Waals surface area contributed by atoms with Gasteiger partial charge in [0.25, 0.3) is 10.0 Å². The maximum Gasteiger partial charge on any atom is 0.261 e. The van der Waals surface area contributed by atoms with E-state index in [-0.39, 0.29) is 16.1 Å². The molecule has 2 N–H and O–H groups in total. The van der Waals surface area contributed by atoms with Gasteiger partial charge < -0.3 is 9.88 Å². The lowest BCUT2D eigenvalue weighted by Crippen LogP contribution is -2.45. The fourth-order valence-corrected chi connectivity index (χ4v) is 3.53. The van der Waals surface area contributed by atoms with Crippen molar-refractivity contribution < 1.29 is 13.2 Å². The molecule has 0 aromatic carbocycles. The normalized spacial score (nSPS) is 20.9. The van der Waals surface area contributed by atoms with E-state index in [1.807, 2.05) is 0 Å². The van der Waals surface area contributed by atoms with Crippen LogP contribution in [-0.2, 0) is 21.9 Å². The first-order chi connectivity index (χ1) is 8.92. The predicted molar refractivity (Wildman–Crippen MR) is 69.2 cm³/mol. The summed E-state index contributed by atoms with van der Waals surface area (Å²) >= 11 is 5.86. The molecule has 1 aliphatic heterocycles. The molecule has 1 aliphatic rings. The van der Waals surface area contributed by atoms with Crippen LogP contribution < -0.4 is 10.0 Å². The number of sulfonamides is 1. The Morgan fingerprint density at radius 1 is 1.53 bits per heavy atom. The molecule has 0 saturated carbocycles. The smallest absolute Gasteiger partial charge is 0.261 e. The molecule has 1 amide bonds. The van der Waals surface area contributed by atoms with Gasteiger partial charge in [0.15, 0.2) is 0 Å².